The molecule has 18 atom stereocenters. The Morgan fingerprint density at radius 3 is 2.02 bits per heavy atom. The van der Waals surface area contributed by atoms with Crippen molar-refractivity contribution in [2.75, 3.05) is 28.3 Å². The number of ketones is 1. The Morgan fingerprint density at radius 2 is 1.47 bits per heavy atom. The molecule has 3 heterocycles. The molecule has 310 valence electrons. The number of ether oxygens (including phenoxy) is 7. The molecule has 3 fully saturated rings. The van der Waals surface area contributed by atoms with Gasteiger partial charge >= 0.3 is 5.97 Å². The van der Waals surface area contributed by atoms with E-state index in [4.69, 9.17) is 33.2 Å². The topological polar surface area (TPSA) is 183 Å². The first kappa shape index (κ1) is 46.1. The number of hydrogen-bond acceptors (Lipinski definition) is 14. The lowest BCUT2D eigenvalue weighted by atomic mass is 9.76. The average molecular weight is 762 g/mol. The van der Waals surface area contributed by atoms with Crippen molar-refractivity contribution >= 4 is 11.8 Å². The first-order valence-corrected chi connectivity index (χ1v) is 19.4. The summed E-state index contributed by atoms with van der Waals surface area (Å²) < 4.78 is 44.0. The number of aliphatic hydroxyl groups excluding tert-OH is 3. The zero-order valence-corrected chi connectivity index (χ0v) is 34.6. The lowest BCUT2D eigenvalue weighted by Gasteiger charge is -2.49. The van der Waals surface area contributed by atoms with E-state index in [2.05, 4.69) is 0 Å². The van der Waals surface area contributed by atoms with Crippen LogP contribution in [-0.2, 0) is 42.7 Å². The minimum Gasteiger partial charge on any atom is -0.459 e. The molecule has 0 aromatic rings. The van der Waals surface area contributed by atoms with Crippen LogP contribution in [0.25, 0.3) is 0 Å². The second kappa shape index (κ2) is 18.3. The lowest BCUT2D eigenvalue weighted by Crippen LogP contribution is -2.61. The van der Waals surface area contributed by atoms with Crippen molar-refractivity contribution < 1.29 is 63.2 Å². The van der Waals surface area contributed by atoms with E-state index in [1.165, 1.54) is 21.1 Å². The van der Waals surface area contributed by atoms with Gasteiger partial charge in [-0.25, -0.2) is 0 Å². The third kappa shape index (κ3) is 10.2. The van der Waals surface area contributed by atoms with Crippen LogP contribution in [0.15, 0.2) is 0 Å². The fraction of sp³-hybridized carbons (Fsp3) is 0.949. The van der Waals surface area contributed by atoms with Crippen LogP contribution in [0, 0.1) is 23.7 Å². The normalized spacial score (nSPS) is 48.5. The van der Waals surface area contributed by atoms with Crippen molar-refractivity contribution in [2.45, 2.75) is 186 Å². The van der Waals surface area contributed by atoms with Crippen LogP contribution >= 0.6 is 0 Å². The standard InChI is InChI=1S/C39H71NO13/c1-15-28-39(10,46)32(43)20(2)16-27(41)21(3)18-38(9,48-14)34(53-36-30(42)26(40(11)12)17-22(4)49-36)23(5)31(24(6)35(45)51-28)52-29-19-37(8,47-13)33(44)25(7)50-29/h20-26,28-34,36,42-44,46H,15-19H2,1-14H3/t20-,21+,22+,23-,24+,25-,26-,28+,29-,30+,31-,32+,33-,34+,36-,37+,38+,39+/m0/s1. The highest BCUT2D eigenvalue weighted by Gasteiger charge is 2.53. The predicted molar refractivity (Wildman–Crippen MR) is 196 cm³/mol. The van der Waals surface area contributed by atoms with E-state index in [9.17, 15) is 30.0 Å². The van der Waals surface area contributed by atoms with Crippen LogP contribution in [0.5, 0.6) is 0 Å². The van der Waals surface area contributed by atoms with Crippen LogP contribution in [0.2, 0.25) is 0 Å². The number of carbonyl (C=O) groups is 2. The van der Waals surface area contributed by atoms with E-state index < -0.39 is 102 Å². The van der Waals surface area contributed by atoms with E-state index in [1.54, 1.807) is 41.5 Å². The highest BCUT2D eigenvalue weighted by atomic mass is 16.7. The van der Waals surface area contributed by atoms with E-state index in [-0.39, 0.29) is 43.6 Å². The molecule has 3 aliphatic rings. The zero-order chi connectivity index (χ0) is 40.4. The summed E-state index contributed by atoms with van der Waals surface area (Å²) in [5.41, 5.74) is -4.12. The van der Waals surface area contributed by atoms with Crippen LogP contribution in [0.3, 0.4) is 0 Å². The molecular formula is C39H71NO13. The fourth-order valence-corrected chi connectivity index (χ4v) is 8.69. The molecule has 3 rings (SSSR count). The Kier molecular flexibility index (Phi) is 15.9. The van der Waals surface area contributed by atoms with Crippen molar-refractivity contribution in [3.63, 3.8) is 0 Å². The number of likely N-dealkylation sites (N-methyl/N-ethyl adjacent to an activating group) is 1. The summed E-state index contributed by atoms with van der Waals surface area (Å²) in [6, 6.07) is -0.279. The smallest absolute Gasteiger partial charge is 0.311 e. The summed E-state index contributed by atoms with van der Waals surface area (Å²) >= 11 is 0. The van der Waals surface area contributed by atoms with Gasteiger partial charge in [-0.15, -0.1) is 0 Å². The van der Waals surface area contributed by atoms with Gasteiger partial charge in [0, 0.05) is 44.9 Å². The SMILES string of the molecule is CC[C@H]1OC(=O)[C@H](C)[C@@H](O[C@H]2C[C@@](C)(OC)[C@@H](O)[C@H](C)O2)[C@H](C)[C@@H](O[C@@H]2O[C@H](C)C[C@H](N(C)C)[C@H]2O)[C@](C)(OC)C[C@@H](C)C(=O)C[C@H](C)[C@@H](O)[C@]1(C)O. The highest BCUT2D eigenvalue weighted by Crippen LogP contribution is 2.41. The van der Waals surface area contributed by atoms with Gasteiger partial charge in [0.2, 0.25) is 0 Å². The van der Waals surface area contributed by atoms with Gasteiger partial charge in [0.05, 0.1) is 47.6 Å². The Hall–Kier alpha value is -1.30. The average Bonchev–Trinajstić information content (AvgIpc) is 3.09. The molecule has 53 heavy (non-hydrogen) atoms. The molecule has 3 saturated heterocycles. The molecule has 3 aliphatic heterocycles. The molecule has 0 bridgehead atoms. The Labute approximate surface area is 317 Å². The zero-order valence-electron chi connectivity index (χ0n) is 34.6. The van der Waals surface area contributed by atoms with Gasteiger partial charge in [0.15, 0.2) is 12.6 Å². The number of Topliss-reactive ketones (excluding diaryl/α,β-unsaturated/α-hetero) is 1. The maximum atomic E-state index is 14.2. The van der Waals surface area contributed by atoms with Crippen LogP contribution in [0.4, 0.5) is 0 Å². The number of esters is 1. The van der Waals surface area contributed by atoms with Gasteiger partial charge in [0.25, 0.3) is 0 Å². The van der Waals surface area contributed by atoms with Gasteiger partial charge in [-0.1, -0.05) is 27.7 Å². The second-order valence-corrected chi connectivity index (χ2v) is 17.1. The van der Waals surface area contributed by atoms with E-state index >= 15 is 0 Å². The third-order valence-electron chi connectivity index (χ3n) is 12.5. The van der Waals surface area contributed by atoms with Gasteiger partial charge in [-0.3, -0.25) is 9.59 Å². The molecule has 0 radical (unpaired) electrons. The number of cyclic esters (lactones) is 1. The molecule has 4 N–H and O–H groups in total. The Balaban J connectivity index is 2.22. The van der Waals surface area contributed by atoms with Crippen LogP contribution < -0.4 is 0 Å². The molecule has 0 aromatic carbocycles. The van der Waals surface area contributed by atoms with Crippen LogP contribution in [-0.4, -0.2) is 150 Å². The fourth-order valence-electron chi connectivity index (χ4n) is 8.69. The third-order valence-corrected chi connectivity index (χ3v) is 12.5. The summed E-state index contributed by atoms with van der Waals surface area (Å²) in [5.74, 6) is -3.83. The van der Waals surface area contributed by atoms with Crippen LogP contribution in [0.1, 0.15) is 101 Å². The van der Waals surface area contributed by atoms with Gasteiger partial charge in [-0.2, -0.15) is 0 Å². The maximum absolute atomic E-state index is 14.2. The number of hydrogen-bond donors (Lipinski definition) is 4. The molecule has 0 spiro atoms. The molecule has 14 nitrogen and oxygen atoms in total. The van der Waals surface area contributed by atoms with Gasteiger partial charge in [0.1, 0.15) is 29.7 Å². The number of aliphatic hydroxyl groups is 4. The first-order valence-electron chi connectivity index (χ1n) is 19.4. The molecule has 0 aliphatic carbocycles. The summed E-state index contributed by atoms with van der Waals surface area (Å²) in [6.07, 6.45) is -8.45. The molecule has 0 aromatic heterocycles. The maximum Gasteiger partial charge on any atom is 0.311 e. The molecular weight excluding hydrogens is 690 g/mol. The molecule has 0 unspecified atom stereocenters. The Morgan fingerprint density at radius 1 is 0.868 bits per heavy atom. The van der Waals surface area contributed by atoms with E-state index in [1.807, 2.05) is 39.8 Å². The quantitative estimate of drug-likeness (QED) is 0.265. The number of nitrogens with zero attached hydrogens (tertiary/aromatic N) is 1. The van der Waals surface area contributed by atoms with Crippen molar-refractivity contribution in [1.82, 2.24) is 4.90 Å². The van der Waals surface area contributed by atoms with Crippen molar-refractivity contribution in [2.24, 2.45) is 23.7 Å². The van der Waals surface area contributed by atoms with Gasteiger partial charge < -0.3 is 58.5 Å². The Bertz CT molecular complexity index is 1200. The first-order chi connectivity index (χ1) is 24.5. The second-order valence-electron chi connectivity index (χ2n) is 17.1. The largest absolute Gasteiger partial charge is 0.459 e. The minimum absolute atomic E-state index is 0.0420. The monoisotopic (exact) mass is 761 g/mol. The van der Waals surface area contributed by atoms with Crippen molar-refractivity contribution in [1.29, 1.82) is 0 Å². The molecule has 0 amide bonds. The summed E-state index contributed by atoms with van der Waals surface area (Å²) in [7, 11) is 6.80. The van der Waals surface area contributed by atoms with Crippen molar-refractivity contribution in [3.05, 3.63) is 0 Å². The van der Waals surface area contributed by atoms with Crippen molar-refractivity contribution in [3.8, 4) is 0 Å². The van der Waals surface area contributed by atoms with E-state index in [0.717, 1.165) is 0 Å². The number of carbonyl (C=O) groups excluding carboxylic acids is 2. The minimum atomic E-state index is -1.88. The molecule has 14 heteroatoms. The summed E-state index contributed by atoms with van der Waals surface area (Å²) in [4.78, 5) is 30.0. The number of rotatable bonds is 8. The highest BCUT2D eigenvalue weighted by molar-refractivity contribution is 5.81. The predicted octanol–water partition coefficient (Wildman–Crippen LogP) is 2.83. The van der Waals surface area contributed by atoms with Gasteiger partial charge in [-0.05, 0) is 80.8 Å². The van der Waals surface area contributed by atoms with E-state index in [0.29, 0.717) is 6.42 Å². The summed E-state index contributed by atoms with van der Waals surface area (Å²) in [5, 5.41) is 45.6. The summed E-state index contributed by atoms with van der Waals surface area (Å²) in [6.45, 7) is 17.4. The number of methoxy groups -OCH3 is 2. The lowest BCUT2D eigenvalue weighted by molar-refractivity contribution is -0.319. The molecule has 0 saturated carbocycles.